The van der Waals surface area contributed by atoms with Crippen LogP contribution in [0.5, 0.6) is 0 Å². The molecule has 1 aromatic heterocycles. The van der Waals surface area contributed by atoms with E-state index in [1.165, 1.54) is 12.1 Å². The van der Waals surface area contributed by atoms with E-state index in [0.717, 1.165) is 13.0 Å². The van der Waals surface area contributed by atoms with Gasteiger partial charge in [-0.25, -0.2) is 4.98 Å². The molecule has 1 aliphatic heterocycles. The predicted molar refractivity (Wildman–Crippen MR) is 65.9 cm³/mol. The van der Waals surface area contributed by atoms with E-state index in [0.29, 0.717) is 17.8 Å². The molecule has 1 saturated heterocycles. The lowest BCUT2D eigenvalue weighted by Gasteiger charge is -2.22. The van der Waals surface area contributed by atoms with E-state index in [2.05, 4.69) is 23.7 Å². The second-order valence-corrected chi connectivity index (χ2v) is 4.71. The van der Waals surface area contributed by atoms with Crippen LogP contribution in [-0.4, -0.2) is 22.5 Å². The third-order valence-electron chi connectivity index (χ3n) is 3.11. The fourth-order valence-corrected chi connectivity index (χ4v) is 2.39. The number of nitrogens with two attached hydrogens (primary N) is 1. The number of anilines is 2. The molecule has 2 atom stereocenters. The van der Waals surface area contributed by atoms with E-state index in [4.69, 9.17) is 5.73 Å². The van der Waals surface area contributed by atoms with Gasteiger partial charge in [0, 0.05) is 12.6 Å². The Morgan fingerprint density at radius 1 is 1.53 bits per heavy atom. The molecule has 1 fully saturated rings. The largest absolute Gasteiger partial charge is 0.383 e. The summed E-state index contributed by atoms with van der Waals surface area (Å²) < 4.78 is 0. The lowest BCUT2D eigenvalue weighted by atomic mass is 10.1. The van der Waals surface area contributed by atoms with E-state index < -0.39 is 4.92 Å². The predicted octanol–water partition coefficient (Wildman–Crippen LogP) is 1.81. The first-order chi connectivity index (χ1) is 7.97. The quantitative estimate of drug-likeness (QED) is 0.625. The van der Waals surface area contributed by atoms with Gasteiger partial charge in [-0.15, -0.1) is 0 Å². The number of hydrogen-bond acceptors (Lipinski definition) is 5. The van der Waals surface area contributed by atoms with E-state index >= 15 is 0 Å². The monoisotopic (exact) mass is 236 g/mol. The molecule has 2 N–H and O–H groups in total. The van der Waals surface area contributed by atoms with E-state index in [-0.39, 0.29) is 11.5 Å². The minimum absolute atomic E-state index is 0.000692. The van der Waals surface area contributed by atoms with Crippen LogP contribution in [0.3, 0.4) is 0 Å². The van der Waals surface area contributed by atoms with Crippen LogP contribution in [0.2, 0.25) is 0 Å². The van der Waals surface area contributed by atoms with Gasteiger partial charge in [0.05, 0.1) is 17.1 Å². The second kappa shape index (κ2) is 4.20. The molecule has 2 heterocycles. The van der Waals surface area contributed by atoms with Crippen molar-refractivity contribution in [2.24, 2.45) is 5.92 Å². The number of aromatic nitrogens is 1. The summed E-state index contributed by atoms with van der Waals surface area (Å²) in [4.78, 5) is 16.6. The number of nitrogens with zero attached hydrogens (tertiary/aromatic N) is 3. The van der Waals surface area contributed by atoms with Crippen molar-refractivity contribution >= 4 is 17.3 Å². The van der Waals surface area contributed by atoms with E-state index in [9.17, 15) is 10.1 Å². The van der Waals surface area contributed by atoms with Gasteiger partial charge in [-0.3, -0.25) is 10.1 Å². The highest BCUT2D eigenvalue weighted by Crippen LogP contribution is 2.30. The molecule has 92 valence electrons. The number of rotatable bonds is 2. The average Bonchev–Trinajstić information content (AvgIpc) is 2.57. The van der Waals surface area contributed by atoms with Crippen molar-refractivity contribution in [1.82, 2.24) is 4.98 Å². The van der Waals surface area contributed by atoms with Crippen molar-refractivity contribution in [2.45, 2.75) is 26.3 Å². The Morgan fingerprint density at radius 2 is 2.24 bits per heavy atom. The van der Waals surface area contributed by atoms with Gasteiger partial charge in [0.25, 0.3) is 5.69 Å². The fraction of sp³-hybridized carbons (Fsp3) is 0.545. The minimum atomic E-state index is -0.439. The molecule has 17 heavy (non-hydrogen) atoms. The van der Waals surface area contributed by atoms with Gasteiger partial charge >= 0.3 is 0 Å². The van der Waals surface area contributed by atoms with E-state index in [1.807, 2.05) is 0 Å². The molecule has 0 amide bonds. The van der Waals surface area contributed by atoms with Gasteiger partial charge in [-0.2, -0.15) is 0 Å². The summed E-state index contributed by atoms with van der Waals surface area (Å²) in [5, 5.41) is 10.8. The van der Waals surface area contributed by atoms with E-state index in [1.54, 1.807) is 0 Å². The van der Waals surface area contributed by atoms with Gasteiger partial charge in [-0.05, 0) is 19.3 Å². The Kier molecular flexibility index (Phi) is 2.87. The van der Waals surface area contributed by atoms with Crippen molar-refractivity contribution in [3.05, 3.63) is 22.2 Å². The number of pyridine rings is 1. The lowest BCUT2D eigenvalue weighted by molar-refractivity contribution is -0.384. The van der Waals surface area contributed by atoms with Crippen LogP contribution in [0, 0.1) is 16.0 Å². The SMILES string of the molecule is CC1CC(C)N(c2cc([N+](=O)[O-])cc(N)n2)C1. The molecule has 2 unspecified atom stereocenters. The zero-order valence-electron chi connectivity index (χ0n) is 9.96. The molecular weight excluding hydrogens is 220 g/mol. The molecule has 6 heteroatoms. The van der Waals surface area contributed by atoms with Gasteiger partial charge in [0.1, 0.15) is 11.6 Å². The van der Waals surface area contributed by atoms with Crippen molar-refractivity contribution in [3.63, 3.8) is 0 Å². The summed E-state index contributed by atoms with van der Waals surface area (Å²) in [7, 11) is 0. The van der Waals surface area contributed by atoms with Crippen molar-refractivity contribution in [1.29, 1.82) is 0 Å². The van der Waals surface area contributed by atoms with Crippen LogP contribution in [0.1, 0.15) is 20.3 Å². The maximum atomic E-state index is 10.8. The fourth-order valence-electron chi connectivity index (χ4n) is 2.39. The zero-order chi connectivity index (χ0) is 12.6. The summed E-state index contributed by atoms with van der Waals surface area (Å²) in [5.74, 6) is 1.38. The summed E-state index contributed by atoms with van der Waals surface area (Å²) in [6, 6.07) is 3.12. The smallest absolute Gasteiger partial charge is 0.276 e. The maximum Gasteiger partial charge on any atom is 0.276 e. The normalized spacial score (nSPS) is 24.0. The number of nitro groups is 1. The van der Waals surface area contributed by atoms with Crippen LogP contribution in [-0.2, 0) is 0 Å². The van der Waals surface area contributed by atoms with Crippen LogP contribution in [0.4, 0.5) is 17.3 Å². The first kappa shape index (κ1) is 11.6. The summed E-state index contributed by atoms with van der Waals surface area (Å²) in [5.41, 5.74) is 5.60. The number of nitrogen functional groups attached to an aromatic ring is 1. The minimum Gasteiger partial charge on any atom is -0.383 e. The Bertz CT molecular complexity index is 449. The Hall–Kier alpha value is -1.85. The summed E-state index contributed by atoms with van der Waals surface area (Å²) >= 11 is 0. The molecule has 0 aliphatic carbocycles. The Labute approximate surface area is 99.6 Å². The molecule has 0 bridgehead atoms. The highest BCUT2D eigenvalue weighted by Gasteiger charge is 2.28. The first-order valence-electron chi connectivity index (χ1n) is 5.66. The van der Waals surface area contributed by atoms with Gasteiger partial charge in [0.2, 0.25) is 0 Å². The van der Waals surface area contributed by atoms with Gasteiger partial charge in [-0.1, -0.05) is 6.92 Å². The third-order valence-corrected chi connectivity index (χ3v) is 3.11. The maximum absolute atomic E-state index is 10.8. The molecule has 0 saturated carbocycles. The molecule has 2 rings (SSSR count). The molecule has 0 radical (unpaired) electrons. The average molecular weight is 236 g/mol. The Balaban J connectivity index is 2.35. The first-order valence-corrected chi connectivity index (χ1v) is 5.66. The molecule has 1 aliphatic rings. The molecule has 0 spiro atoms. The number of hydrogen-bond donors (Lipinski definition) is 1. The van der Waals surface area contributed by atoms with Crippen LogP contribution < -0.4 is 10.6 Å². The Morgan fingerprint density at radius 3 is 2.76 bits per heavy atom. The van der Waals surface area contributed by atoms with Crippen molar-refractivity contribution < 1.29 is 4.92 Å². The zero-order valence-corrected chi connectivity index (χ0v) is 9.96. The summed E-state index contributed by atoms with van der Waals surface area (Å²) in [6.45, 7) is 5.13. The molecule has 6 nitrogen and oxygen atoms in total. The lowest BCUT2D eigenvalue weighted by Crippen LogP contribution is -2.27. The van der Waals surface area contributed by atoms with Crippen molar-refractivity contribution in [2.75, 3.05) is 17.2 Å². The van der Waals surface area contributed by atoms with Crippen molar-refractivity contribution in [3.8, 4) is 0 Å². The topological polar surface area (TPSA) is 85.3 Å². The highest BCUT2D eigenvalue weighted by atomic mass is 16.6. The van der Waals surface area contributed by atoms with Crippen LogP contribution in [0.15, 0.2) is 12.1 Å². The molecule has 0 aromatic carbocycles. The standard InChI is InChI=1S/C11H16N4O2/c1-7-3-8(2)14(6-7)11-5-9(15(16)17)4-10(12)13-11/h4-5,7-8H,3,6H2,1-2H3,(H2,12,13). The van der Waals surface area contributed by atoms with Crippen LogP contribution in [0.25, 0.3) is 0 Å². The summed E-state index contributed by atoms with van der Waals surface area (Å²) in [6.07, 6.45) is 1.07. The van der Waals surface area contributed by atoms with Gasteiger partial charge in [0.15, 0.2) is 0 Å². The second-order valence-electron chi connectivity index (χ2n) is 4.71. The van der Waals surface area contributed by atoms with Gasteiger partial charge < -0.3 is 10.6 Å². The van der Waals surface area contributed by atoms with Crippen LogP contribution >= 0.6 is 0 Å². The highest BCUT2D eigenvalue weighted by molar-refractivity contribution is 5.55. The third kappa shape index (κ3) is 2.30. The molecular formula is C11H16N4O2. The molecule has 1 aromatic rings.